The summed E-state index contributed by atoms with van der Waals surface area (Å²) in [7, 11) is 1.38. The molecule has 0 aromatic heterocycles. The molecule has 26 heavy (non-hydrogen) atoms. The molecule has 1 amide bonds. The molecular weight excluding hydrogens is 348 g/mol. The Morgan fingerprint density at radius 2 is 1.46 bits per heavy atom. The number of carbonyl (C=O) groups is 2. The Balaban J connectivity index is 1.59. The predicted molar refractivity (Wildman–Crippen MR) is 104 cm³/mol. The van der Waals surface area contributed by atoms with Crippen LogP contribution in [0.25, 0.3) is 0 Å². The minimum absolute atomic E-state index is 0.0818. The SMILES string of the molecule is COC(=O)c1ccc(N2CCN(C(=O)c3ccc(SC)cc3)CC2)cc1. The smallest absolute Gasteiger partial charge is 0.337 e. The maximum absolute atomic E-state index is 12.6. The number of benzene rings is 2. The Bertz CT molecular complexity index is 767. The zero-order valence-electron chi connectivity index (χ0n) is 15.0. The number of methoxy groups -OCH3 is 1. The molecule has 1 aliphatic heterocycles. The van der Waals surface area contributed by atoms with Gasteiger partial charge in [-0.25, -0.2) is 4.79 Å². The van der Waals surface area contributed by atoms with Crippen molar-refractivity contribution in [3.8, 4) is 0 Å². The van der Waals surface area contributed by atoms with Gasteiger partial charge in [-0.15, -0.1) is 11.8 Å². The molecule has 3 rings (SSSR count). The van der Waals surface area contributed by atoms with Crippen molar-refractivity contribution in [1.82, 2.24) is 4.90 Å². The molecule has 0 unspecified atom stereocenters. The summed E-state index contributed by atoms with van der Waals surface area (Å²) < 4.78 is 4.72. The Kier molecular flexibility index (Phi) is 5.83. The average Bonchev–Trinajstić information content (AvgIpc) is 2.73. The Labute approximate surface area is 157 Å². The van der Waals surface area contributed by atoms with Crippen LogP contribution in [0.1, 0.15) is 20.7 Å². The molecular formula is C20H22N2O3S. The third-order valence-electron chi connectivity index (χ3n) is 4.56. The molecule has 0 atom stereocenters. The van der Waals surface area contributed by atoms with Crippen LogP contribution < -0.4 is 4.90 Å². The topological polar surface area (TPSA) is 49.9 Å². The van der Waals surface area contributed by atoms with E-state index in [1.54, 1.807) is 23.9 Å². The van der Waals surface area contributed by atoms with E-state index in [1.165, 1.54) is 7.11 Å². The lowest BCUT2D eigenvalue weighted by Gasteiger charge is -2.36. The second kappa shape index (κ2) is 8.27. The van der Waals surface area contributed by atoms with E-state index in [2.05, 4.69) is 4.90 Å². The highest BCUT2D eigenvalue weighted by Crippen LogP contribution is 2.20. The maximum atomic E-state index is 12.6. The van der Waals surface area contributed by atoms with Crippen LogP contribution in [-0.4, -0.2) is 56.3 Å². The number of carbonyl (C=O) groups excluding carboxylic acids is 2. The fraction of sp³-hybridized carbons (Fsp3) is 0.300. The van der Waals surface area contributed by atoms with E-state index in [9.17, 15) is 9.59 Å². The average molecular weight is 370 g/mol. The van der Waals surface area contributed by atoms with E-state index < -0.39 is 0 Å². The number of nitrogens with zero attached hydrogens (tertiary/aromatic N) is 2. The van der Waals surface area contributed by atoms with Gasteiger partial charge < -0.3 is 14.5 Å². The standard InChI is InChI=1S/C20H22N2O3S/c1-25-20(24)16-3-7-17(8-4-16)21-11-13-22(14-12-21)19(23)15-5-9-18(26-2)10-6-15/h3-10H,11-14H2,1-2H3. The fourth-order valence-corrected chi connectivity index (χ4v) is 3.42. The van der Waals surface area contributed by atoms with Crippen molar-refractivity contribution in [3.05, 3.63) is 59.7 Å². The number of hydrogen-bond donors (Lipinski definition) is 0. The summed E-state index contributed by atoms with van der Waals surface area (Å²) in [5, 5.41) is 0. The summed E-state index contributed by atoms with van der Waals surface area (Å²) in [6, 6.07) is 15.1. The predicted octanol–water partition coefficient (Wildman–Crippen LogP) is 3.16. The number of rotatable bonds is 4. The largest absolute Gasteiger partial charge is 0.465 e. The van der Waals surface area contributed by atoms with Crippen LogP contribution in [0.2, 0.25) is 0 Å². The molecule has 5 nitrogen and oxygen atoms in total. The lowest BCUT2D eigenvalue weighted by Crippen LogP contribution is -2.48. The minimum atomic E-state index is -0.334. The molecule has 0 saturated carbocycles. The number of amides is 1. The maximum Gasteiger partial charge on any atom is 0.337 e. The van der Waals surface area contributed by atoms with Crippen LogP contribution >= 0.6 is 11.8 Å². The minimum Gasteiger partial charge on any atom is -0.465 e. The van der Waals surface area contributed by atoms with Gasteiger partial charge in [0, 0.05) is 42.3 Å². The summed E-state index contributed by atoms with van der Waals surface area (Å²) >= 11 is 1.67. The molecule has 0 spiro atoms. The van der Waals surface area contributed by atoms with Gasteiger partial charge in [-0.2, -0.15) is 0 Å². The van der Waals surface area contributed by atoms with Gasteiger partial charge in [0.05, 0.1) is 12.7 Å². The highest BCUT2D eigenvalue weighted by molar-refractivity contribution is 7.98. The van der Waals surface area contributed by atoms with Crippen LogP contribution in [0.15, 0.2) is 53.4 Å². The second-order valence-electron chi connectivity index (χ2n) is 6.05. The van der Waals surface area contributed by atoms with Crippen LogP contribution in [-0.2, 0) is 4.74 Å². The monoisotopic (exact) mass is 370 g/mol. The molecule has 0 radical (unpaired) electrons. The lowest BCUT2D eigenvalue weighted by molar-refractivity contribution is 0.0600. The van der Waals surface area contributed by atoms with Crippen LogP contribution in [0.5, 0.6) is 0 Å². The molecule has 0 bridgehead atoms. The first-order valence-electron chi connectivity index (χ1n) is 8.49. The molecule has 1 fully saturated rings. The number of ether oxygens (including phenoxy) is 1. The highest BCUT2D eigenvalue weighted by atomic mass is 32.2. The van der Waals surface area contributed by atoms with Crippen molar-refractivity contribution < 1.29 is 14.3 Å². The zero-order chi connectivity index (χ0) is 18.5. The van der Waals surface area contributed by atoms with Gasteiger partial charge in [-0.05, 0) is 54.8 Å². The van der Waals surface area contributed by atoms with Crippen LogP contribution in [0.3, 0.4) is 0 Å². The fourth-order valence-electron chi connectivity index (χ4n) is 3.01. The van der Waals surface area contributed by atoms with Crippen molar-refractivity contribution in [2.45, 2.75) is 4.90 Å². The molecule has 1 saturated heterocycles. The van der Waals surface area contributed by atoms with Crippen molar-refractivity contribution in [2.75, 3.05) is 44.4 Å². The van der Waals surface area contributed by atoms with Crippen molar-refractivity contribution in [3.63, 3.8) is 0 Å². The molecule has 0 aliphatic carbocycles. The quantitative estimate of drug-likeness (QED) is 0.611. The van der Waals surface area contributed by atoms with Crippen molar-refractivity contribution in [1.29, 1.82) is 0 Å². The third-order valence-corrected chi connectivity index (χ3v) is 5.30. The number of anilines is 1. The molecule has 136 valence electrons. The summed E-state index contributed by atoms with van der Waals surface area (Å²) in [5.41, 5.74) is 2.33. The Morgan fingerprint density at radius 3 is 2.00 bits per heavy atom. The van der Waals surface area contributed by atoms with Gasteiger partial charge >= 0.3 is 5.97 Å². The van der Waals surface area contributed by atoms with Gasteiger partial charge in [-0.1, -0.05) is 0 Å². The van der Waals surface area contributed by atoms with Crippen LogP contribution in [0, 0.1) is 0 Å². The molecule has 2 aromatic rings. The van der Waals surface area contributed by atoms with Crippen LogP contribution in [0.4, 0.5) is 5.69 Å². The molecule has 2 aromatic carbocycles. The summed E-state index contributed by atoms with van der Waals surface area (Å²) in [6.45, 7) is 2.90. The van der Waals surface area contributed by atoms with Gasteiger partial charge in [0.2, 0.25) is 0 Å². The number of esters is 1. The summed E-state index contributed by atoms with van der Waals surface area (Å²) in [4.78, 5) is 29.4. The van der Waals surface area contributed by atoms with Gasteiger partial charge in [0.1, 0.15) is 0 Å². The summed E-state index contributed by atoms with van der Waals surface area (Å²) in [5.74, 6) is -0.252. The second-order valence-corrected chi connectivity index (χ2v) is 6.93. The first kappa shape index (κ1) is 18.3. The van der Waals surface area contributed by atoms with Gasteiger partial charge in [0.25, 0.3) is 5.91 Å². The highest BCUT2D eigenvalue weighted by Gasteiger charge is 2.22. The molecule has 0 N–H and O–H groups in total. The Hall–Kier alpha value is -2.47. The first-order chi connectivity index (χ1) is 12.6. The van der Waals surface area contributed by atoms with E-state index >= 15 is 0 Å². The van der Waals surface area contributed by atoms with Gasteiger partial charge in [0.15, 0.2) is 0 Å². The van der Waals surface area contributed by atoms with Crippen molar-refractivity contribution in [2.24, 2.45) is 0 Å². The van der Waals surface area contributed by atoms with E-state index in [4.69, 9.17) is 4.74 Å². The zero-order valence-corrected chi connectivity index (χ0v) is 15.8. The van der Waals surface area contributed by atoms with E-state index in [0.29, 0.717) is 18.7 Å². The van der Waals surface area contributed by atoms with E-state index in [0.717, 1.165) is 29.2 Å². The van der Waals surface area contributed by atoms with E-state index in [1.807, 2.05) is 47.6 Å². The third kappa shape index (κ3) is 4.02. The normalized spacial score (nSPS) is 14.2. The van der Waals surface area contributed by atoms with E-state index in [-0.39, 0.29) is 11.9 Å². The summed E-state index contributed by atoms with van der Waals surface area (Å²) in [6.07, 6.45) is 2.02. The lowest BCUT2D eigenvalue weighted by atomic mass is 10.1. The van der Waals surface area contributed by atoms with Gasteiger partial charge in [-0.3, -0.25) is 4.79 Å². The number of piperazine rings is 1. The Morgan fingerprint density at radius 1 is 0.885 bits per heavy atom. The number of hydrogen-bond acceptors (Lipinski definition) is 5. The molecule has 6 heteroatoms. The molecule has 1 heterocycles. The van der Waals surface area contributed by atoms with Crippen molar-refractivity contribution >= 4 is 29.3 Å². The number of thioether (sulfide) groups is 1. The first-order valence-corrected chi connectivity index (χ1v) is 9.71. The molecule has 1 aliphatic rings.